The predicted molar refractivity (Wildman–Crippen MR) is 86.7 cm³/mol. The van der Waals surface area contributed by atoms with Gasteiger partial charge < -0.3 is 14.1 Å². The maximum absolute atomic E-state index is 9.29. The fraction of sp³-hybridized carbons (Fsp3) is 0.375. The van der Waals surface area contributed by atoms with Crippen molar-refractivity contribution in [3.8, 4) is 6.07 Å². The maximum Gasteiger partial charge on any atom is 0.235 e. The van der Waals surface area contributed by atoms with E-state index in [-0.39, 0.29) is 12.2 Å². The van der Waals surface area contributed by atoms with E-state index < -0.39 is 0 Å². The van der Waals surface area contributed by atoms with Crippen LogP contribution in [0.3, 0.4) is 0 Å². The van der Waals surface area contributed by atoms with Crippen molar-refractivity contribution in [2.24, 2.45) is 0 Å². The van der Waals surface area contributed by atoms with Crippen LogP contribution in [0.25, 0.3) is 12.2 Å². The molecule has 0 bridgehead atoms. The summed E-state index contributed by atoms with van der Waals surface area (Å²) in [4.78, 5) is 7.41. The van der Waals surface area contributed by atoms with E-state index in [9.17, 15) is 5.26 Å². The minimum absolute atomic E-state index is 0.102. The molecule has 0 radical (unpaired) electrons. The van der Waals surface area contributed by atoms with Crippen LogP contribution in [0.2, 0.25) is 0 Å². The number of nitriles is 1. The van der Waals surface area contributed by atoms with Crippen LogP contribution >= 0.6 is 11.3 Å². The first-order valence-electron chi connectivity index (χ1n) is 7.18. The molecular weight excluding hydrogens is 298 g/mol. The Morgan fingerprint density at radius 1 is 1.36 bits per heavy atom. The number of oxazole rings is 1. The van der Waals surface area contributed by atoms with Crippen LogP contribution in [0.4, 0.5) is 5.88 Å². The summed E-state index contributed by atoms with van der Waals surface area (Å²) in [5.41, 5.74) is 0.326. The van der Waals surface area contributed by atoms with Gasteiger partial charge in [0, 0.05) is 24.0 Å². The minimum Gasteiger partial charge on any atom is -0.420 e. The lowest BCUT2D eigenvalue weighted by molar-refractivity contribution is -0.00642. The molecule has 1 aliphatic rings. The average Bonchev–Trinajstić information content (AvgIpc) is 3.13. The average molecular weight is 315 g/mol. The zero-order valence-electron chi connectivity index (χ0n) is 12.5. The third-order valence-electron chi connectivity index (χ3n) is 3.37. The number of hydrogen-bond acceptors (Lipinski definition) is 6. The Hall–Kier alpha value is -2.10. The number of morpholine rings is 1. The monoisotopic (exact) mass is 315 g/mol. The first-order valence-corrected chi connectivity index (χ1v) is 8.06. The molecule has 2 atom stereocenters. The normalized spacial score (nSPS) is 22.1. The van der Waals surface area contributed by atoms with E-state index in [0.29, 0.717) is 30.6 Å². The molecular formula is C16H17N3O2S. The van der Waals surface area contributed by atoms with E-state index in [0.717, 1.165) is 4.88 Å². The van der Waals surface area contributed by atoms with Gasteiger partial charge in [-0.3, -0.25) is 0 Å². The second kappa shape index (κ2) is 6.34. The van der Waals surface area contributed by atoms with Crippen molar-refractivity contribution in [3.63, 3.8) is 0 Å². The molecule has 5 nitrogen and oxygen atoms in total. The van der Waals surface area contributed by atoms with Crippen molar-refractivity contribution in [2.75, 3.05) is 18.0 Å². The topological polar surface area (TPSA) is 62.3 Å². The van der Waals surface area contributed by atoms with Crippen LogP contribution in [-0.2, 0) is 4.74 Å². The molecule has 0 spiro atoms. The molecule has 1 aliphatic heterocycles. The Balaban J connectivity index is 1.84. The van der Waals surface area contributed by atoms with Gasteiger partial charge in [0.05, 0.1) is 12.2 Å². The molecule has 0 N–H and O–H groups in total. The fourth-order valence-corrected chi connectivity index (χ4v) is 3.19. The largest absolute Gasteiger partial charge is 0.420 e. The molecule has 114 valence electrons. The summed E-state index contributed by atoms with van der Waals surface area (Å²) < 4.78 is 11.5. The summed E-state index contributed by atoms with van der Waals surface area (Å²) >= 11 is 1.64. The number of aromatic nitrogens is 1. The molecule has 1 saturated heterocycles. The van der Waals surface area contributed by atoms with Crippen molar-refractivity contribution in [1.29, 1.82) is 5.26 Å². The number of anilines is 1. The van der Waals surface area contributed by atoms with Gasteiger partial charge in [-0.1, -0.05) is 6.07 Å². The molecule has 1 fully saturated rings. The summed E-state index contributed by atoms with van der Waals surface area (Å²) in [6, 6.07) is 6.12. The molecule has 0 amide bonds. The standard InChI is InChI=1S/C16H17N3O2S/c1-11-9-19(10-12(2)20-11)16-14(8-17)18-15(21-16)6-5-13-4-3-7-22-13/h3-7,11-12H,9-10H2,1-2H3/b6-5+/t11-,12+. The summed E-state index contributed by atoms with van der Waals surface area (Å²) in [6.45, 7) is 5.43. The van der Waals surface area contributed by atoms with Gasteiger partial charge in [0.1, 0.15) is 6.07 Å². The summed E-state index contributed by atoms with van der Waals surface area (Å²) in [7, 11) is 0. The molecule has 22 heavy (non-hydrogen) atoms. The quantitative estimate of drug-likeness (QED) is 0.868. The van der Waals surface area contributed by atoms with E-state index in [1.165, 1.54) is 0 Å². The van der Waals surface area contributed by atoms with Gasteiger partial charge in [0.25, 0.3) is 0 Å². The van der Waals surface area contributed by atoms with Crippen LogP contribution < -0.4 is 4.90 Å². The van der Waals surface area contributed by atoms with Gasteiger partial charge in [-0.2, -0.15) is 10.2 Å². The van der Waals surface area contributed by atoms with Gasteiger partial charge in [0.15, 0.2) is 0 Å². The van der Waals surface area contributed by atoms with Crippen molar-refractivity contribution in [3.05, 3.63) is 34.0 Å². The highest BCUT2D eigenvalue weighted by molar-refractivity contribution is 7.10. The third kappa shape index (κ3) is 3.21. The van der Waals surface area contributed by atoms with Crippen LogP contribution in [0.5, 0.6) is 0 Å². The molecule has 0 aliphatic carbocycles. The number of rotatable bonds is 3. The minimum atomic E-state index is 0.102. The van der Waals surface area contributed by atoms with Crippen LogP contribution in [0.15, 0.2) is 21.9 Å². The van der Waals surface area contributed by atoms with Crippen molar-refractivity contribution < 1.29 is 9.15 Å². The van der Waals surface area contributed by atoms with Crippen LogP contribution in [0.1, 0.15) is 30.3 Å². The van der Waals surface area contributed by atoms with Gasteiger partial charge in [-0.05, 0) is 31.4 Å². The number of ether oxygens (including phenoxy) is 1. The first kappa shape index (κ1) is 14.8. The van der Waals surface area contributed by atoms with Crippen LogP contribution in [-0.4, -0.2) is 30.3 Å². The molecule has 3 heterocycles. The fourth-order valence-electron chi connectivity index (χ4n) is 2.57. The smallest absolute Gasteiger partial charge is 0.235 e. The van der Waals surface area contributed by atoms with E-state index in [1.54, 1.807) is 17.4 Å². The third-order valence-corrected chi connectivity index (χ3v) is 4.21. The number of thiophene rings is 1. The van der Waals surface area contributed by atoms with Crippen molar-refractivity contribution in [2.45, 2.75) is 26.1 Å². The summed E-state index contributed by atoms with van der Waals surface area (Å²) in [5, 5.41) is 11.3. The Morgan fingerprint density at radius 3 is 2.77 bits per heavy atom. The zero-order valence-corrected chi connectivity index (χ0v) is 13.3. The second-order valence-electron chi connectivity index (χ2n) is 5.33. The number of nitrogens with zero attached hydrogens (tertiary/aromatic N) is 3. The molecule has 6 heteroatoms. The lowest BCUT2D eigenvalue weighted by Crippen LogP contribution is -2.45. The highest BCUT2D eigenvalue weighted by atomic mass is 32.1. The second-order valence-corrected chi connectivity index (χ2v) is 6.31. The highest BCUT2D eigenvalue weighted by Gasteiger charge is 2.27. The molecule has 3 rings (SSSR count). The lowest BCUT2D eigenvalue weighted by atomic mass is 10.2. The summed E-state index contributed by atoms with van der Waals surface area (Å²) in [6.07, 6.45) is 3.94. The predicted octanol–water partition coefficient (Wildman–Crippen LogP) is 3.39. The van der Waals surface area contributed by atoms with Gasteiger partial charge in [-0.25, -0.2) is 0 Å². The molecule has 0 unspecified atom stereocenters. The Bertz CT molecular complexity index is 690. The van der Waals surface area contributed by atoms with Gasteiger partial charge in [-0.15, -0.1) is 11.3 Å². The molecule has 2 aromatic rings. The van der Waals surface area contributed by atoms with E-state index in [4.69, 9.17) is 9.15 Å². The Kier molecular flexibility index (Phi) is 4.27. The van der Waals surface area contributed by atoms with E-state index in [1.807, 2.05) is 42.3 Å². The maximum atomic E-state index is 9.29. The molecule has 0 aromatic carbocycles. The number of hydrogen-bond donors (Lipinski definition) is 0. The van der Waals surface area contributed by atoms with Gasteiger partial charge >= 0.3 is 0 Å². The summed E-state index contributed by atoms with van der Waals surface area (Å²) in [5.74, 6) is 0.988. The van der Waals surface area contributed by atoms with E-state index >= 15 is 0 Å². The zero-order chi connectivity index (χ0) is 15.5. The molecule has 2 aromatic heterocycles. The molecule has 0 saturated carbocycles. The SMILES string of the molecule is C[C@@H]1CN(c2oc(/C=C/c3cccs3)nc2C#N)C[C@H](C)O1. The Labute approximate surface area is 133 Å². The van der Waals surface area contributed by atoms with E-state index in [2.05, 4.69) is 11.1 Å². The highest BCUT2D eigenvalue weighted by Crippen LogP contribution is 2.26. The van der Waals surface area contributed by atoms with Crippen molar-refractivity contribution >= 4 is 29.4 Å². The lowest BCUT2D eigenvalue weighted by Gasteiger charge is -2.34. The van der Waals surface area contributed by atoms with Crippen LogP contribution in [0, 0.1) is 11.3 Å². The van der Waals surface area contributed by atoms with Crippen molar-refractivity contribution in [1.82, 2.24) is 4.98 Å². The van der Waals surface area contributed by atoms with Gasteiger partial charge in [0.2, 0.25) is 17.5 Å². The Morgan fingerprint density at radius 2 is 2.14 bits per heavy atom. The first-order chi connectivity index (χ1) is 10.7.